The predicted molar refractivity (Wildman–Crippen MR) is 59.8 cm³/mol. The van der Waals surface area contributed by atoms with Gasteiger partial charge in [0.25, 0.3) is 0 Å². The zero-order chi connectivity index (χ0) is 10.3. The van der Waals surface area contributed by atoms with Crippen LogP contribution in [0.25, 0.3) is 0 Å². The van der Waals surface area contributed by atoms with Crippen molar-refractivity contribution < 1.29 is 0 Å². The van der Waals surface area contributed by atoms with E-state index in [1.54, 1.807) is 0 Å². The molecule has 0 spiro atoms. The number of hydrogen-bond acceptors (Lipinski definition) is 2. The van der Waals surface area contributed by atoms with Gasteiger partial charge in [0.2, 0.25) is 0 Å². The fourth-order valence-electron chi connectivity index (χ4n) is 1.16. The highest BCUT2D eigenvalue weighted by molar-refractivity contribution is 4.65. The quantitative estimate of drug-likeness (QED) is 0.623. The van der Waals surface area contributed by atoms with Crippen LogP contribution in [-0.4, -0.2) is 19.6 Å². The number of nitrogens with one attached hydrogen (secondary N) is 1. The fraction of sp³-hybridized carbons (Fsp3) is 1.00. The maximum Gasteiger partial charge on any atom is -0.0000126 e. The molecule has 0 aliphatic rings. The van der Waals surface area contributed by atoms with Gasteiger partial charge in [0.15, 0.2) is 0 Å². The molecule has 0 aromatic heterocycles. The first-order valence-corrected chi connectivity index (χ1v) is 5.36. The van der Waals surface area contributed by atoms with Gasteiger partial charge in [-0.25, -0.2) is 0 Å². The minimum Gasteiger partial charge on any atom is -0.330 e. The third kappa shape index (κ3) is 9.84. The molecule has 0 aromatic carbocycles. The van der Waals surface area contributed by atoms with Crippen molar-refractivity contribution in [1.82, 2.24) is 5.32 Å². The Labute approximate surface area is 83.3 Å². The summed E-state index contributed by atoms with van der Waals surface area (Å²) in [6.45, 7) is 12.0. The second-order valence-corrected chi connectivity index (χ2v) is 5.22. The van der Waals surface area contributed by atoms with Crippen molar-refractivity contribution in [1.29, 1.82) is 0 Å². The van der Waals surface area contributed by atoms with E-state index in [9.17, 15) is 0 Å². The Hall–Kier alpha value is -0.0800. The van der Waals surface area contributed by atoms with Crippen molar-refractivity contribution in [2.45, 2.75) is 40.5 Å². The highest BCUT2D eigenvalue weighted by Crippen LogP contribution is 2.10. The molecule has 0 fully saturated rings. The van der Waals surface area contributed by atoms with Crippen LogP contribution in [0.4, 0.5) is 0 Å². The summed E-state index contributed by atoms with van der Waals surface area (Å²) in [7, 11) is 0. The Balaban J connectivity index is 3.18. The lowest BCUT2D eigenvalue weighted by atomic mass is 9.97. The summed E-state index contributed by atoms with van der Waals surface area (Å²) in [6, 6.07) is 0. The summed E-state index contributed by atoms with van der Waals surface area (Å²) in [5.41, 5.74) is 5.94. The summed E-state index contributed by atoms with van der Waals surface area (Å²) in [5, 5.41) is 3.46. The molecule has 0 aliphatic carbocycles. The summed E-state index contributed by atoms with van der Waals surface area (Å²) in [5.74, 6) is 0.677. The topological polar surface area (TPSA) is 38.0 Å². The molecule has 2 heteroatoms. The average Bonchev–Trinajstić information content (AvgIpc) is 2.01. The Morgan fingerprint density at radius 2 is 1.92 bits per heavy atom. The van der Waals surface area contributed by atoms with Gasteiger partial charge < -0.3 is 11.1 Å². The SMILES string of the molecule is CC(CN)CCCNCC(C)(C)C. The molecule has 2 nitrogen and oxygen atoms in total. The third-order valence-electron chi connectivity index (χ3n) is 2.11. The Kier molecular flexibility index (Phi) is 6.35. The van der Waals surface area contributed by atoms with E-state index in [2.05, 4.69) is 33.0 Å². The van der Waals surface area contributed by atoms with Crippen LogP contribution in [0, 0.1) is 11.3 Å². The van der Waals surface area contributed by atoms with Crippen LogP contribution in [0.2, 0.25) is 0 Å². The van der Waals surface area contributed by atoms with Crippen LogP contribution < -0.4 is 11.1 Å². The van der Waals surface area contributed by atoms with E-state index in [-0.39, 0.29) is 0 Å². The van der Waals surface area contributed by atoms with Crippen LogP contribution in [0.5, 0.6) is 0 Å². The van der Waals surface area contributed by atoms with Gasteiger partial charge in [-0.2, -0.15) is 0 Å². The van der Waals surface area contributed by atoms with Gasteiger partial charge in [-0.3, -0.25) is 0 Å². The van der Waals surface area contributed by atoms with E-state index in [0.717, 1.165) is 19.6 Å². The molecule has 0 amide bonds. The van der Waals surface area contributed by atoms with Gasteiger partial charge in [-0.05, 0) is 43.8 Å². The molecule has 0 bridgehead atoms. The van der Waals surface area contributed by atoms with Gasteiger partial charge in [0, 0.05) is 0 Å². The number of rotatable bonds is 6. The Bertz CT molecular complexity index is 116. The summed E-state index contributed by atoms with van der Waals surface area (Å²) in [4.78, 5) is 0. The molecular weight excluding hydrogens is 160 g/mol. The molecule has 1 atom stereocenters. The van der Waals surface area contributed by atoms with Gasteiger partial charge in [-0.15, -0.1) is 0 Å². The first kappa shape index (κ1) is 12.9. The fourth-order valence-corrected chi connectivity index (χ4v) is 1.16. The van der Waals surface area contributed by atoms with Crippen molar-refractivity contribution in [2.24, 2.45) is 17.1 Å². The molecule has 3 N–H and O–H groups in total. The Morgan fingerprint density at radius 1 is 1.31 bits per heavy atom. The molecular formula is C11H26N2. The molecule has 0 saturated heterocycles. The van der Waals surface area contributed by atoms with Crippen LogP contribution in [-0.2, 0) is 0 Å². The lowest BCUT2D eigenvalue weighted by Gasteiger charge is -2.19. The van der Waals surface area contributed by atoms with Crippen molar-refractivity contribution in [3.05, 3.63) is 0 Å². The van der Waals surface area contributed by atoms with Gasteiger partial charge in [0.05, 0.1) is 0 Å². The molecule has 0 rings (SSSR count). The summed E-state index contributed by atoms with van der Waals surface area (Å²) < 4.78 is 0. The molecule has 0 aromatic rings. The largest absolute Gasteiger partial charge is 0.330 e. The highest BCUT2D eigenvalue weighted by atomic mass is 14.9. The highest BCUT2D eigenvalue weighted by Gasteiger charge is 2.08. The standard InChI is InChI=1S/C11H26N2/c1-10(8-12)6-5-7-13-9-11(2,3)4/h10,13H,5-9,12H2,1-4H3. The number of hydrogen-bond donors (Lipinski definition) is 2. The number of nitrogens with two attached hydrogens (primary N) is 1. The minimum atomic E-state index is 0.402. The molecule has 0 aliphatic heterocycles. The second kappa shape index (κ2) is 6.39. The predicted octanol–water partition coefficient (Wildman–Crippen LogP) is 2.00. The zero-order valence-electron chi connectivity index (χ0n) is 9.69. The molecule has 13 heavy (non-hydrogen) atoms. The minimum absolute atomic E-state index is 0.402. The van der Waals surface area contributed by atoms with Crippen LogP contribution in [0.3, 0.4) is 0 Å². The lowest BCUT2D eigenvalue weighted by molar-refractivity contribution is 0.373. The van der Waals surface area contributed by atoms with E-state index in [4.69, 9.17) is 5.73 Å². The molecule has 0 radical (unpaired) electrons. The van der Waals surface area contributed by atoms with E-state index in [1.807, 2.05) is 0 Å². The van der Waals surface area contributed by atoms with Crippen molar-refractivity contribution in [3.8, 4) is 0 Å². The van der Waals surface area contributed by atoms with E-state index < -0.39 is 0 Å². The van der Waals surface area contributed by atoms with Crippen LogP contribution in [0.1, 0.15) is 40.5 Å². The summed E-state index contributed by atoms with van der Waals surface area (Å²) in [6.07, 6.45) is 2.49. The van der Waals surface area contributed by atoms with E-state index >= 15 is 0 Å². The smallest absolute Gasteiger partial charge is 0.0000126 e. The average molecular weight is 186 g/mol. The molecule has 80 valence electrons. The first-order valence-electron chi connectivity index (χ1n) is 5.36. The summed E-state index contributed by atoms with van der Waals surface area (Å²) >= 11 is 0. The third-order valence-corrected chi connectivity index (χ3v) is 2.11. The van der Waals surface area contributed by atoms with Gasteiger partial charge in [0.1, 0.15) is 0 Å². The van der Waals surface area contributed by atoms with Gasteiger partial charge >= 0.3 is 0 Å². The molecule has 0 saturated carbocycles. The zero-order valence-corrected chi connectivity index (χ0v) is 9.69. The van der Waals surface area contributed by atoms with Crippen molar-refractivity contribution in [3.63, 3.8) is 0 Å². The first-order chi connectivity index (χ1) is 5.95. The maximum atomic E-state index is 5.54. The van der Waals surface area contributed by atoms with Crippen molar-refractivity contribution in [2.75, 3.05) is 19.6 Å². The van der Waals surface area contributed by atoms with E-state index in [0.29, 0.717) is 11.3 Å². The molecule has 1 unspecified atom stereocenters. The monoisotopic (exact) mass is 186 g/mol. The second-order valence-electron chi connectivity index (χ2n) is 5.22. The Morgan fingerprint density at radius 3 is 2.38 bits per heavy atom. The van der Waals surface area contributed by atoms with Gasteiger partial charge in [-0.1, -0.05) is 27.7 Å². The van der Waals surface area contributed by atoms with E-state index in [1.165, 1.54) is 12.8 Å². The van der Waals surface area contributed by atoms with Crippen molar-refractivity contribution >= 4 is 0 Å². The normalized spacial score (nSPS) is 14.5. The molecule has 0 heterocycles. The lowest BCUT2D eigenvalue weighted by Crippen LogP contribution is -2.28. The maximum absolute atomic E-state index is 5.54. The van der Waals surface area contributed by atoms with Crippen LogP contribution in [0.15, 0.2) is 0 Å². The van der Waals surface area contributed by atoms with Crippen LogP contribution >= 0.6 is 0 Å².